The van der Waals surface area contributed by atoms with Gasteiger partial charge in [0.05, 0.1) is 10.5 Å². The summed E-state index contributed by atoms with van der Waals surface area (Å²) in [5.74, 6) is 0. The number of halogens is 1. The average molecular weight is 348 g/mol. The van der Waals surface area contributed by atoms with E-state index in [0.717, 1.165) is 12.0 Å². The molecule has 0 bridgehead atoms. The van der Waals surface area contributed by atoms with Crippen LogP contribution in [0.5, 0.6) is 0 Å². The van der Waals surface area contributed by atoms with Crippen LogP contribution in [0.4, 0.5) is 0 Å². The number of aryl methyl sites for hydroxylation is 1. The van der Waals surface area contributed by atoms with E-state index in [1.165, 1.54) is 11.4 Å². The maximum Gasteiger partial charge on any atom is 0.244 e. The quantitative estimate of drug-likeness (QED) is 0.908. The van der Waals surface area contributed by atoms with Crippen LogP contribution in [0, 0.1) is 6.92 Å². The summed E-state index contributed by atoms with van der Waals surface area (Å²) < 4.78 is 26.7. The lowest BCUT2D eigenvalue weighted by Crippen LogP contribution is -2.48. The monoisotopic (exact) mass is 347 g/mol. The average Bonchev–Trinajstić information content (AvgIpc) is 2.26. The van der Waals surface area contributed by atoms with Crippen LogP contribution in [0.3, 0.4) is 0 Å². The lowest BCUT2D eigenvalue weighted by molar-refractivity contribution is -0.0423. The molecule has 1 N–H and O–H groups in total. The van der Waals surface area contributed by atoms with Crippen LogP contribution >= 0.6 is 15.9 Å². The molecule has 0 atom stereocenters. The number of sulfonamides is 1. The third-order valence-corrected chi connectivity index (χ3v) is 6.36. The van der Waals surface area contributed by atoms with Crippen LogP contribution in [0.25, 0.3) is 0 Å². The molecule has 19 heavy (non-hydrogen) atoms. The summed E-state index contributed by atoms with van der Waals surface area (Å²) in [5.41, 5.74) is 0.144. The van der Waals surface area contributed by atoms with Gasteiger partial charge in [0.15, 0.2) is 0 Å². The number of aliphatic hydroxyl groups is 1. The van der Waals surface area contributed by atoms with Gasteiger partial charge in [-0.3, -0.25) is 0 Å². The first kappa shape index (κ1) is 15.0. The predicted octanol–water partition coefficient (Wildman–Crippen LogP) is 2.29. The van der Waals surface area contributed by atoms with Gasteiger partial charge in [-0.2, -0.15) is 4.31 Å². The minimum atomic E-state index is -3.57. The summed E-state index contributed by atoms with van der Waals surface area (Å²) in [6, 6.07) is 5.14. The van der Waals surface area contributed by atoms with Crippen LogP contribution in [-0.4, -0.2) is 37.0 Å². The summed E-state index contributed by atoms with van der Waals surface area (Å²) in [6.45, 7) is 2.05. The first-order valence-electron chi connectivity index (χ1n) is 6.19. The Morgan fingerprint density at radius 3 is 2.53 bits per heavy atom. The number of hydrogen-bond donors (Lipinski definition) is 1. The molecule has 0 amide bonds. The summed E-state index contributed by atoms with van der Waals surface area (Å²) in [7, 11) is -2.06. The molecule has 1 aromatic carbocycles. The lowest BCUT2D eigenvalue weighted by atomic mass is 9.80. The Hall–Kier alpha value is -0.430. The van der Waals surface area contributed by atoms with Gasteiger partial charge in [0, 0.05) is 18.1 Å². The number of benzene rings is 1. The highest BCUT2D eigenvalue weighted by molar-refractivity contribution is 9.10. The van der Waals surface area contributed by atoms with Gasteiger partial charge in [-0.15, -0.1) is 0 Å². The van der Waals surface area contributed by atoms with E-state index in [0.29, 0.717) is 17.3 Å². The lowest BCUT2D eigenvalue weighted by Gasteiger charge is -2.39. The van der Waals surface area contributed by atoms with E-state index in [1.807, 2.05) is 6.92 Å². The molecular formula is C13H18BrNO3S. The molecule has 1 saturated carbocycles. The Morgan fingerprint density at radius 1 is 1.42 bits per heavy atom. The molecule has 1 aliphatic carbocycles. The van der Waals surface area contributed by atoms with Gasteiger partial charge in [-0.25, -0.2) is 8.42 Å². The Bertz CT molecular complexity index is 582. The molecule has 1 aromatic rings. The molecule has 0 aliphatic heterocycles. The summed E-state index contributed by atoms with van der Waals surface area (Å²) in [6.07, 6.45) is 2.29. The van der Waals surface area contributed by atoms with Crippen LogP contribution in [0.1, 0.15) is 24.8 Å². The highest BCUT2D eigenvalue weighted by Crippen LogP contribution is 2.34. The molecule has 0 spiro atoms. The normalized spacial score (nSPS) is 18.4. The van der Waals surface area contributed by atoms with Gasteiger partial charge in [-0.05, 0) is 59.8 Å². The highest BCUT2D eigenvalue weighted by atomic mass is 79.9. The predicted molar refractivity (Wildman–Crippen MR) is 77.5 cm³/mol. The molecule has 0 aromatic heterocycles. The topological polar surface area (TPSA) is 57.6 Å². The summed E-state index contributed by atoms with van der Waals surface area (Å²) in [4.78, 5) is 0.239. The van der Waals surface area contributed by atoms with Gasteiger partial charge in [0.2, 0.25) is 10.0 Å². The van der Waals surface area contributed by atoms with Crippen molar-refractivity contribution in [2.75, 3.05) is 13.6 Å². The van der Waals surface area contributed by atoms with Crippen molar-refractivity contribution in [3.05, 3.63) is 28.2 Å². The third-order valence-electron chi connectivity index (χ3n) is 3.58. The fourth-order valence-corrected chi connectivity index (χ4v) is 4.62. The van der Waals surface area contributed by atoms with Gasteiger partial charge in [0.1, 0.15) is 0 Å². The van der Waals surface area contributed by atoms with Crippen molar-refractivity contribution >= 4 is 26.0 Å². The van der Waals surface area contributed by atoms with Gasteiger partial charge in [-0.1, -0.05) is 6.07 Å². The molecule has 4 nitrogen and oxygen atoms in total. The van der Waals surface area contributed by atoms with Crippen molar-refractivity contribution in [1.29, 1.82) is 0 Å². The fraction of sp³-hybridized carbons (Fsp3) is 0.538. The largest absolute Gasteiger partial charge is 0.389 e. The Balaban J connectivity index is 2.26. The molecule has 0 saturated heterocycles. The maximum absolute atomic E-state index is 12.5. The highest BCUT2D eigenvalue weighted by Gasteiger charge is 2.38. The molecule has 6 heteroatoms. The second-order valence-corrected chi connectivity index (χ2v) is 8.14. The van der Waals surface area contributed by atoms with Gasteiger partial charge >= 0.3 is 0 Å². The van der Waals surface area contributed by atoms with Crippen molar-refractivity contribution in [1.82, 2.24) is 4.31 Å². The zero-order valence-corrected chi connectivity index (χ0v) is 13.5. The second kappa shape index (κ2) is 5.16. The van der Waals surface area contributed by atoms with Crippen LogP contribution < -0.4 is 0 Å². The van der Waals surface area contributed by atoms with E-state index in [9.17, 15) is 13.5 Å². The maximum atomic E-state index is 12.5. The second-order valence-electron chi connectivity index (χ2n) is 5.27. The summed E-state index contributed by atoms with van der Waals surface area (Å²) >= 11 is 3.29. The number of nitrogens with zero attached hydrogens (tertiary/aromatic N) is 1. The van der Waals surface area contributed by atoms with Gasteiger partial charge in [0.25, 0.3) is 0 Å². The Kier molecular flexibility index (Phi) is 4.07. The summed E-state index contributed by atoms with van der Waals surface area (Å²) in [5, 5.41) is 10.1. The van der Waals surface area contributed by atoms with Crippen molar-refractivity contribution in [2.45, 2.75) is 36.7 Å². The molecule has 2 rings (SSSR count). The molecule has 1 fully saturated rings. The van der Waals surface area contributed by atoms with Crippen molar-refractivity contribution < 1.29 is 13.5 Å². The molecule has 0 heterocycles. The molecule has 0 radical (unpaired) electrons. The van der Waals surface area contributed by atoms with Crippen LogP contribution in [0.2, 0.25) is 0 Å². The van der Waals surface area contributed by atoms with Crippen molar-refractivity contribution in [3.8, 4) is 0 Å². The van der Waals surface area contributed by atoms with Crippen molar-refractivity contribution in [3.63, 3.8) is 0 Å². The smallest absolute Gasteiger partial charge is 0.244 e. The first-order valence-corrected chi connectivity index (χ1v) is 8.43. The zero-order valence-electron chi connectivity index (χ0n) is 11.1. The van der Waals surface area contributed by atoms with Gasteiger partial charge < -0.3 is 5.11 Å². The van der Waals surface area contributed by atoms with E-state index < -0.39 is 15.6 Å². The van der Waals surface area contributed by atoms with E-state index in [-0.39, 0.29) is 11.4 Å². The SMILES string of the molecule is Cc1ccc(S(=O)(=O)N(C)CC2(O)CCC2)c(Br)c1. The fourth-order valence-electron chi connectivity index (χ4n) is 2.23. The Morgan fingerprint density at radius 2 is 2.05 bits per heavy atom. The minimum Gasteiger partial charge on any atom is -0.389 e. The molecule has 0 unspecified atom stereocenters. The third kappa shape index (κ3) is 3.02. The molecule has 1 aliphatic rings. The number of likely N-dealkylation sites (N-methyl/N-ethyl adjacent to an activating group) is 1. The Labute approximate surface area is 122 Å². The standard InChI is InChI=1S/C13H18BrNO3S/c1-10-4-5-12(11(14)8-10)19(17,18)15(2)9-13(16)6-3-7-13/h4-5,8,16H,3,6-7,9H2,1-2H3. The van der Waals surface area contributed by atoms with E-state index in [1.54, 1.807) is 18.2 Å². The van der Waals surface area contributed by atoms with Crippen molar-refractivity contribution in [2.24, 2.45) is 0 Å². The zero-order chi connectivity index (χ0) is 14.3. The molecular weight excluding hydrogens is 330 g/mol. The minimum absolute atomic E-state index is 0.148. The van der Waals surface area contributed by atoms with Crippen LogP contribution in [0.15, 0.2) is 27.6 Å². The van der Waals surface area contributed by atoms with E-state index in [2.05, 4.69) is 15.9 Å². The van der Waals surface area contributed by atoms with E-state index >= 15 is 0 Å². The number of rotatable bonds is 4. The first-order chi connectivity index (χ1) is 8.74. The number of hydrogen-bond acceptors (Lipinski definition) is 3. The molecule has 106 valence electrons. The van der Waals surface area contributed by atoms with E-state index in [4.69, 9.17) is 0 Å². The van der Waals surface area contributed by atoms with Crippen LogP contribution in [-0.2, 0) is 10.0 Å².